The maximum atomic E-state index is 12.2. The topological polar surface area (TPSA) is 165 Å². The number of allylic oxidation sites excluding steroid dienone is 2. The zero-order valence-corrected chi connectivity index (χ0v) is 31.4. The van der Waals surface area contributed by atoms with E-state index in [0.717, 1.165) is 120 Å². The second-order valence-corrected chi connectivity index (χ2v) is 14.8. The number of hydrogen-bond donors (Lipinski definition) is 4. The molecule has 5 N–H and O–H groups in total. The summed E-state index contributed by atoms with van der Waals surface area (Å²) in [5.41, 5.74) is 16.1. The molecular weight excluding hydrogens is 681 g/mol. The molecule has 0 radical (unpaired) electrons. The fraction of sp³-hybridized carbons (Fsp3) is 0.415. The lowest BCUT2D eigenvalue weighted by Crippen LogP contribution is -2.49. The fourth-order valence-electron chi connectivity index (χ4n) is 8.35. The summed E-state index contributed by atoms with van der Waals surface area (Å²) in [5, 5.41) is 6.03. The number of aromatic amines is 1. The molecular formula is C41H50N10O3. The Morgan fingerprint density at radius 1 is 0.963 bits per heavy atom. The van der Waals surface area contributed by atoms with Crippen molar-refractivity contribution < 1.29 is 14.4 Å². The normalized spacial score (nSPS) is 18.5. The maximum absolute atomic E-state index is 12.2. The van der Waals surface area contributed by atoms with Gasteiger partial charge in [0.1, 0.15) is 17.8 Å². The van der Waals surface area contributed by atoms with E-state index in [9.17, 15) is 14.4 Å². The van der Waals surface area contributed by atoms with Gasteiger partial charge in [-0.05, 0) is 124 Å². The van der Waals surface area contributed by atoms with Crippen molar-refractivity contribution in [3.8, 4) is 11.3 Å². The van der Waals surface area contributed by atoms with Crippen molar-refractivity contribution in [2.45, 2.75) is 59.4 Å². The standard InChI is InChI=1S/C41H50N10O3/c1-26-20-31(4-5-32(26)22-43-25-52)39-35-21-36(47-40(35)45-24-44-39)46-28(3)38(27(2)42)30-12-15-49(16-13-30)23-29-10-17-50(18-11-29)33-6-8-34(9-7-33)51-19-14-37(53)48-41(51)54/h4-9,20-21,24-25,29-30H,10-19,22-23,42H2,1-3H3,(H,43,52)(H,44,45,47)(H,48,53,54). The predicted octanol–water partition coefficient (Wildman–Crippen LogP) is 5.58. The first-order valence-electron chi connectivity index (χ1n) is 19.0. The number of piperidine rings is 2. The van der Waals surface area contributed by atoms with Crippen molar-refractivity contribution in [3.05, 3.63) is 77.3 Å². The smallest absolute Gasteiger partial charge is 0.328 e. The number of imide groups is 1. The first-order chi connectivity index (χ1) is 26.2. The number of fused-ring (bicyclic) bond motifs is 1. The predicted molar refractivity (Wildman–Crippen MR) is 213 cm³/mol. The van der Waals surface area contributed by atoms with Crippen LogP contribution in [0, 0.1) is 18.8 Å². The molecule has 7 rings (SSSR count). The van der Waals surface area contributed by atoms with Crippen molar-refractivity contribution in [1.82, 2.24) is 30.5 Å². The average Bonchev–Trinajstić information content (AvgIpc) is 3.58. The van der Waals surface area contributed by atoms with E-state index in [1.165, 1.54) is 5.69 Å². The number of likely N-dealkylation sites (tertiary alicyclic amines) is 1. The first-order valence-corrected chi connectivity index (χ1v) is 19.0. The molecule has 4 aromatic rings. The molecule has 13 heteroatoms. The number of anilines is 2. The van der Waals surface area contributed by atoms with E-state index in [0.29, 0.717) is 37.8 Å². The van der Waals surface area contributed by atoms with E-state index >= 15 is 0 Å². The summed E-state index contributed by atoms with van der Waals surface area (Å²) in [4.78, 5) is 58.7. The van der Waals surface area contributed by atoms with Gasteiger partial charge in [-0.2, -0.15) is 0 Å². The molecule has 0 atom stereocenters. The van der Waals surface area contributed by atoms with Crippen LogP contribution in [-0.4, -0.2) is 83.2 Å². The number of rotatable bonds is 11. The van der Waals surface area contributed by atoms with Gasteiger partial charge in [-0.25, -0.2) is 19.8 Å². The molecule has 2 aromatic heterocycles. The Labute approximate surface area is 316 Å². The van der Waals surface area contributed by atoms with Crippen molar-refractivity contribution >= 4 is 52.3 Å². The quantitative estimate of drug-likeness (QED) is 0.115. The molecule has 54 heavy (non-hydrogen) atoms. The van der Waals surface area contributed by atoms with Crippen LogP contribution < -0.4 is 26.2 Å². The highest BCUT2D eigenvalue weighted by Crippen LogP contribution is 2.33. The summed E-state index contributed by atoms with van der Waals surface area (Å²) in [5.74, 6) is 1.52. The molecule has 0 spiro atoms. The molecule has 5 heterocycles. The third-order valence-corrected chi connectivity index (χ3v) is 11.2. The van der Waals surface area contributed by atoms with Crippen LogP contribution in [-0.2, 0) is 16.1 Å². The monoisotopic (exact) mass is 730 g/mol. The summed E-state index contributed by atoms with van der Waals surface area (Å²) in [6, 6.07) is 15.9. The Kier molecular flexibility index (Phi) is 11.0. The Balaban J connectivity index is 0.931. The van der Waals surface area contributed by atoms with Crippen LogP contribution in [0.25, 0.3) is 22.3 Å². The van der Waals surface area contributed by atoms with Crippen molar-refractivity contribution in [3.63, 3.8) is 0 Å². The zero-order chi connectivity index (χ0) is 37.8. The van der Waals surface area contributed by atoms with E-state index in [2.05, 4.69) is 60.5 Å². The number of H-pyrrole nitrogens is 1. The number of benzene rings is 2. The second-order valence-electron chi connectivity index (χ2n) is 14.8. The number of carbonyl (C=O) groups excluding carboxylic acids is 3. The van der Waals surface area contributed by atoms with Crippen LogP contribution in [0.5, 0.6) is 0 Å². The first kappa shape index (κ1) is 36.8. The summed E-state index contributed by atoms with van der Waals surface area (Å²) in [6.07, 6.45) is 7.00. The summed E-state index contributed by atoms with van der Waals surface area (Å²) >= 11 is 0. The third kappa shape index (κ3) is 8.15. The van der Waals surface area contributed by atoms with Gasteiger partial charge in [0, 0.05) is 72.9 Å². The molecule has 4 amide bonds. The number of aromatic nitrogens is 3. The molecule has 3 saturated heterocycles. The number of hydrogen-bond acceptors (Lipinski definition) is 9. The fourth-order valence-corrected chi connectivity index (χ4v) is 8.35. The lowest BCUT2D eigenvalue weighted by atomic mass is 9.85. The number of nitrogens with one attached hydrogen (secondary N) is 3. The average molecular weight is 731 g/mol. The van der Waals surface area contributed by atoms with E-state index < -0.39 is 0 Å². The van der Waals surface area contributed by atoms with Crippen LogP contribution >= 0.6 is 0 Å². The number of amides is 4. The summed E-state index contributed by atoms with van der Waals surface area (Å²) < 4.78 is 0. The minimum absolute atomic E-state index is 0.220. The largest absolute Gasteiger partial charge is 0.402 e. The Morgan fingerprint density at radius 2 is 1.70 bits per heavy atom. The van der Waals surface area contributed by atoms with Gasteiger partial charge < -0.3 is 25.8 Å². The van der Waals surface area contributed by atoms with Gasteiger partial charge in [0.15, 0.2) is 0 Å². The van der Waals surface area contributed by atoms with Gasteiger partial charge in [0.25, 0.3) is 0 Å². The molecule has 13 nitrogen and oxygen atoms in total. The molecule has 0 unspecified atom stereocenters. The molecule has 2 aromatic carbocycles. The van der Waals surface area contributed by atoms with Crippen LogP contribution in [0.4, 0.5) is 22.0 Å². The molecule has 3 aliphatic heterocycles. The number of aliphatic imine (C=N–C) groups is 1. The van der Waals surface area contributed by atoms with Gasteiger partial charge in [-0.1, -0.05) is 12.1 Å². The van der Waals surface area contributed by atoms with Gasteiger partial charge in [-0.15, -0.1) is 0 Å². The number of nitrogens with two attached hydrogens (primary N) is 1. The lowest BCUT2D eigenvalue weighted by Gasteiger charge is -2.39. The number of urea groups is 1. The highest BCUT2D eigenvalue weighted by molar-refractivity contribution is 6.05. The lowest BCUT2D eigenvalue weighted by molar-refractivity contribution is -0.120. The van der Waals surface area contributed by atoms with Gasteiger partial charge in [0.05, 0.1) is 5.69 Å². The molecule has 3 aliphatic rings. The van der Waals surface area contributed by atoms with Gasteiger partial charge in [-0.3, -0.25) is 19.8 Å². The van der Waals surface area contributed by atoms with Crippen molar-refractivity contribution in [2.24, 2.45) is 22.6 Å². The Bertz CT molecular complexity index is 2070. The SMILES string of the molecule is CC(=Nc1cc2c(-c3ccc(CNC=O)c(C)c3)ncnc2[nH]1)C(=C(C)N)C1CCN(CC2CCN(c3ccc(N4CCC(=O)NC4=O)cc3)CC2)CC1. The Morgan fingerprint density at radius 3 is 2.39 bits per heavy atom. The molecule has 282 valence electrons. The van der Waals surface area contributed by atoms with Crippen LogP contribution in [0.1, 0.15) is 57.1 Å². The minimum atomic E-state index is -0.353. The van der Waals surface area contributed by atoms with Crippen LogP contribution in [0.15, 0.2) is 71.1 Å². The molecule has 0 saturated carbocycles. The third-order valence-electron chi connectivity index (χ3n) is 11.2. The second kappa shape index (κ2) is 16.2. The molecule has 0 bridgehead atoms. The minimum Gasteiger partial charge on any atom is -0.402 e. The summed E-state index contributed by atoms with van der Waals surface area (Å²) in [7, 11) is 0. The number of carbonyl (C=O) groups is 3. The van der Waals surface area contributed by atoms with Gasteiger partial charge in [0.2, 0.25) is 12.3 Å². The van der Waals surface area contributed by atoms with Crippen molar-refractivity contribution in [2.75, 3.05) is 49.1 Å². The van der Waals surface area contributed by atoms with E-state index in [1.807, 2.05) is 44.2 Å². The number of nitrogens with zero attached hydrogens (tertiary/aromatic N) is 6. The van der Waals surface area contributed by atoms with Crippen LogP contribution in [0.2, 0.25) is 0 Å². The van der Waals surface area contributed by atoms with E-state index in [4.69, 9.17) is 10.7 Å². The molecule has 3 fully saturated rings. The summed E-state index contributed by atoms with van der Waals surface area (Å²) in [6.45, 7) is 12.2. The highest BCUT2D eigenvalue weighted by atomic mass is 16.2. The van der Waals surface area contributed by atoms with Crippen LogP contribution in [0.3, 0.4) is 0 Å². The van der Waals surface area contributed by atoms with Gasteiger partial charge >= 0.3 is 6.03 Å². The highest BCUT2D eigenvalue weighted by Gasteiger charge is 2.29. The number of aryl methyl sites for hydroxylation is 1. The maximum Gasteiger partial charge on any atom is 0.328 e. The molecule has 0 aliphatic carbocycles. The zero-order valence-electron chi connectivity index (χ0n) is 31.4. The van der Waals surface area contributed by atoms with Crippen molar-refractivity contribution in [1.29, 1.82) is 0 Å². The Hall–Kier alpha value is -5.56. The van der Waals surface area contributed by atoms with E-state index in [1.54, 1.807) is 11.2 Å². The van der Waals surface area contributed by atoms with E-state index in [-0.39, 0.29) is 11.9 Å².